The summed E-state index contributed by atoms with van der Waals surface area (Å²) in [6.07, 6.45) is 0.442. The number of fused-ring (bicyclic) bond motifs is 1. The van der Waals surface area contributed by atoms with Crippen molar-refractivity contribution >= 4 is 22.5 Å². The highest BCUT2D eigenvalue weighted by molar-refractivity contribution is 6.31. The molecule has 3 nitrogen and oxygen atoms in total. The van der Waals surface area contributed by atoms with Crippen molar-refractivity contribution in [3.63, 3.8) is 0 Å². The van der Waals surface area contributed by atoms with Crippen LogP contribution in [0.25, 0.3) is 10.9 Å². The van der Waals surface area contributed by atoms with Crippen molar-refractivity contribution in [3.05, 3.63) is 64.6 Å². The second kappa shape index (κ2) is 7.90. The van der Waals surface area contributed by atoms with E-state index in [-0.39, 0.29) is 5.92 Å². The van der Waals surface area contributed by atoms with E-state index in [1.54, 1.807) is 0 Å². The van der Waals surface area contributed by atoms with Gasteiger partial charge in [-0.1, -0.05) is 24.6 Å². The van der Waals surface area contributed by atoms with Gasteiger partial charge in [0.05, 0.1) is 0 Å². The predicted octanol–water partition coefficient (Wildman–Crippen LogP) is 5.40. The van der Waals surface area contributed by atoms with Gasteiger partial charge in [-0.15, -0.1) is 0 Å². The van der Waals surface area contributed by atoms with Crippen LogP contribution >= 0.6 is 11.6 Å². The maximum absolute atomic E-state index is 12.6. The Morgan fingerprint density at radius 3 is 2.63 bits per heavy atom. The number of rotatable bonds is 6. The van der Waals surface area contributed by atoms with E-state index in [0.717, 1.165) is 41.1 Å². The number of benzene rings is 1. The topological polar surface area (TPSA) is 43.8 Å². The van der Waals surface area contributed by atoms with Crippen molar-refractivity contribution in [2.24, 2.45) is 5.73 Å². The van der Waals surface area contributed by atoms with Gasteiger partial charge in [0.25, 0.3) is 0 Å². The molecule has 2 heterocycles. The minimum Gasteiger partial charge on any atom is -0.347 e. The molecule has 0 saturated heterocycles. The lowest BCUT2D eigenvalue weighted by molar-refractivity contribution is -0.141. The highest BCUT2D eigenvalue weighted by Gasteiger charge is 2.31. The van der Waals surface area contributed by atoms with Gasteiger partial charge in [0.1, 0.15) is 5.69 Å². The maximum Gasteiger partial charge on any atom is 0.433 e. The Bertz CT molecular complexity index is 917. The molecule has 0 aliphatic heterocycles. The summed E-state index contributed by atoms with van der Waals surface area (Å²) in [4.78, 5) is 3.51. The fourth-order valence-corrected chi connectivity index (χ4v) is 3.37. The summed E-state index contributed by atoms with van der Waals surface area (Å²) in [7, 11) is 0. The lowest BCUT2D eigenvalue weighted by Crippen LogP contribution is -2.08. The molecule has 0 aliphatic rings. The van der Waals surface area contributed by atoms with Crippen molar-refractivity contribution in [2.45, 2.75) is 38.4 Å². The zero-order chi connectivity index (χ0) is 19.6. The highest BCUT2D eigenvalue weighted by atomic mass is 35.5. The van der Waals surface area contributed by atoms with Crippen LogP contribution in [0.5, 0.6) is 0 Å². The smallest absolute Gasteiger partial charge is 0.347 e. The van der Waals surface area contributed by atoms with E-state index in [4.69, 9.17) is 17.3 Å². The number of halogens is 4. The fraction of sp³-hybridized carbons (Fsp3) is 0.350. The molecular formula is C20H21ClF3N3. The normalized spacial score (nSPS) is 13.3. The molecule has 0 saturated carbocycles. The van der Waals surface area contributed by atoms with E-state index < -0.39 is 11.9 Å². The molecule has 0 spiro atoms. The molecule has 0 bridgehead atoms. The van der Waals surface area contributed by atoms with Gasteiger partial charge in [0.15, 0.2) is 0 Å². The number of aromatic nitrogens is 2. The monoisotopic (exact) mass is 395 g/mol. The molecule has 1 unspecified atom stereocenters. The maximum atomic E-state index is 12.6. The van der Waals surface area contributed by atoms with Crippen LogP contribution in [-0.4, -0.2) is 16.1 Å². The van der Waals surface area contributed by atoms with E-state index in [1.165, 1.54) is 12.3 Å². The van der Waals surface area contributed by atoms with Crippen LogP contribution in [0, 0.1) is 0 Å². The Morgan fingerprint density at radius 2 is 2.00 bits per heavy atom. The van der Waals surface area contributed by atoms with E-state index in [1.807, 2.05) is 18.2 Å². The standard InChI is InChI=1S/C20H21ClF3N3/c1-13(10-25)17-12-27(18-6-5-15(21)9-16(17)18)8-2-3-14-4-7-19(26-11-14)20(22,23)24/h4-7,9,11-13H,2-3,8,10,25H2,1H3. The molecule has 1 aromatic carbocycles. The summed E-state index contributed by atoms with van der Waals surface area (Å²) in [6.45, 7) is 3.37. The molecule has 2 N–H and O–H groups in total. The highest BCUT2D eigenvalue weighted by Crippen LogP contribution is 2.30. The summed E-state index contributed by atoms with van der Waals surface area (Å²) < 4.78 is 39.9. The first kappa shape index (κ1) is 19.7. The van der Waals surface area contributed by atoms with E-state index >= 15 is 0 Å². The van der Waals surface area contributed by atoms with Gasteiger partial charge in [0.2, 0.25) is 0 Å². The number of aryl methyl sites for hydroxylation is 2. The van der Waals surface area contributed by atoms with Crippen LogP contribution in [0.1, 0.15) is 36.1 Å². The van der Waals surface area contributed by atoms with Crippen LogP contribution in [-0.2, 0) is 19.1 Å². The quantitative estimate of drug-likeness (QED) is 0.607. The Hall–Kier alpha value is -2.05. The van der Waals surface area contributed by atoms with Crippen LogP contribution in [0.4, 0.5) is 13.2 Å². The van der Waals surface area contributed by atoms with Gasteiger partial charge in [-0.3, -0.25) is 4.98 Å². The number of hydrogen-bond donors (Lipinski definition) is 1. The second-order valence-corrected chi connectivity index (χ2v) is 7.17. The molecule has 0 aliphatic carbocycles. The molecule has 3 rings (SSSR count). The van der Waals surface area contributed by atoms with Gasteiger partial charge >= 0.3 is 6.18 Å². The molecule has 0 amide bonds. The van der Waals surface area contributed by atoms with Crippen LogP contribution in [0.2, 0.25) is 5.02 Å². The molecular weight excluding hydrogens is 375 g/mol. The number of pyridine rings is 1. The first-order valence-electron chi connectivity index (χ1n) is 8.80. The average Bonchev–Trinajstić information content (AvgIpc) is 2.98. The number of alkyl halides is 3. The van der Waals surface area contributed by atoms with Gasteiger partial charge in [0, 0.05) is 34.9 Å². The molecule has 27 heavy (non-hydrogen) atoms. The minimum atomic E-state index is -4.40. The molecule has 7 heteroatoms. The zero-order valence-electron chi connectivity index (χ0n) is 14.9. The first-order valence-corrected chi connectivity index (χ1v) is 9.18. The van der Waals surface area contributed by atoms with Crippen LogP contribution in [0.15, 0.2) is 42.7 Å². The van der Waals surface area contributed by atoms with E-state index in [9.17, 15) is 13.2 Å². The summed E-state index contributed by atoms with van der Waals surface area (Å²) in [5.41, 5.74) is 8.00. The fourth-order valence-electron chi connectivity index (χ4n) is 3.20. The van der Waals surface area contributed by atoms with E-state index in [0.29, 0.717) is 18.0 Å². The third kappa shape index (κ3) is 4.45. The van der Waals surface area contributed by atoms with Crippen LogP contribution < -0.4 is 5.73 Å². The number of hydrogen-bond acceptors (Lipinski definition) is 2. The third-order valence-electron chi connectivity index (χ3n) is 4.74. The average molecular weight is 396 g/mol. The summed E-state index contributed by atoms with van der Waals surface area (Å²) >= 11 is 6.15. The van der Waals surface area contributed by atoms with Crippen molar-refractivity contribution in [1.29, 1.82) is 0 Å². The van der Waals surface area contributed by atoms with E-state index in [2.05, 4.69) is 22.7 Å². The Morgan fingerprint density at radius 1 is 1.22 bits per heavy atom. The van der Waals surface area contributed by atoms with Gasteiger partial charge in [-0.2, -0.15) is 13.2 Å². The van der Waals surface area contributed by atoms with Gasteiger partial charge < -0.3 is 10.3 Å². The van der Waals surface area contributed by atoms with Crippen LogP contribution in [0.3, 0.4) is 0 Å². The first-order chi connectivity index (χ1) is 12.8. The van der Waals surface area contributed by atoms with Crippen molar-refractivity contribution in [3.8, 4) is 0 Å². The zero-order valence-corrected chi connectivity index (χ0v) is 15.7. The van der Waals surface area contributed by atoms with Gasteiger partial charge in [-0.05, 0) is 60.7 Å². The largest absolute Gasteiger partial charge is 0.433 e. The molecule has 2 aromatic heterocycles. The third-order valence-corrected chi connectivity index (χ3v) is 4.97. The molecule has 144 valence electrons. The second-order valence-electron chi connectivity index (χ2n) is 6.73. The summed E-state index contributed by atoms with van der Waals surface area (Å²) in [5, 5.41) is 1.78. The summed E-state index contributed by atoms with van der Waals surface area (Å²) in [6, 6.07) is 8.32. The molecule has 3 aromatic rings. The Labute approximate surface area is 161 Å². The van der Waals surface area contributed by atoms with Crippen molar-refractivity contribution in [1.82, 2.24) is 9.55 Å². The number of nitrogens with zero attached hydrogens (tertiary/aromatic N) is 2. The number of nitrogens with two attached hydrogens (primary N) is 1. The lowest BCUT2D eigenvalue weighted by Gasteiger charge is -2.08. The van der Waals surface area contributed by atoms with Gasteiger partial charge in [-0.25, -0.2) is 0 Å². The lowest BCUT2D eigenvalue weighted by atomic mass is 10.0. The summed E-state index contributed by atoms with van der Waals surface area (Å²) in [5.74, 6) is 0.214. The Kier molecular flexibility index (Phi) is 5.77. The molecule has 1 atom stereocenters. The van der Waals surface area contributed by atoms with Crippen molar-refractivity contribution in [2.75, 3.05) is 6.54 Å². The molecule has 0 fully saturated rings. The Balaban J connectivity index is 1.73. The molecule has 0 radical (unpaired) electrons. The minimum absolute atomic E-state index is 0.214. The van der Waals surface area contributed by atoms with Crippen molar-refractivity contribution < 1.29 is 13.2 Å². The predicted molar refractivity (Wildman–Crippen MR) is 102 cm³/mol. The SMILES string of the molecule is CC(CN)c1cn(CCCc2ccc(C(F)(F)F)nc2)c2ccc(Cl)cc12.